The van der Waals surface area contributed by atoms with E-state index in [0.29, 0.717) is 6.42 Å². The van der Waals surface area contributed by atoms with Gasteiger partial charge in [-0.25, -0.2) is 0 Å². The molecule has 0 aromatic heterocycles. The Hall–Kier alpha value is -2.29. The second-order valence-corrected chi connectivity index (χ2v) is 7.33. The van der Waals surface area contributed by atoms with Crippen LogP contribution in [-0.2, 0) is 11.2 Å². The van der Waals surface area contributed by atoms with Gasteiger partial charge in [-0.3, -0.25) is 4.79 Å². The molecular formula is C21H25NO2. The molecule has 0 saturated heterocycles. The van der Waals surface area contributed by atoms with Gasteiger partial charge in [-0.2, -0.15) is 0 Å². The lowest BCUT2D eigenvalue weighted by Crippen LogP contribution is -2.41. The molecule has 0 bridgehead atoms. The maximum atomic E-state index is 12.6. The van der Waals surface area contributed by atoms with Gasteiger partial charge in [0.15, 0.2) is 0 Å². The summed E-state index contributed by atoms with van der Waals surface area (Å²) in [5, 5.41) is 3.20. The fraction of sp³-hybridized carbons (Fsp3) is 0.381. The van der Waals surface area contributed by atoms with Crippen LogP contribution in [0.3, 0.4) is 0 Å². The van der Waals surface area contributed by atoms with Crippen molar-refractivity contribution in [2.24, 2.45) is 0 Å². The van der Waals surface area contributed by atoms with E-state index in [2.05, 4.69) is 45.1 Å². The van der Waals surface area contributed by atoms with Crippen LogP contribution in [0.15, 0.2) is 42.5 Å². The van der Waals surface area contributed by atoms with Crippen molar-refractivity contribution in [3.05, 3.63) is 64.7 Å². The van der Waals surface area contributed by atoms with E-state index < -0.39 is 0 Å². The molecule has 1 aliphatic heterocycles. The number of hydrogen-bond acceptors (Lipinski definition) is 2. The Balaban J connectivity index is 1.76. The summed E-state index contributed by atoms with van der Waals surface area (Å²) in [4.78, 5) is 12.6. The predicted molar refractivity (Wildman–Crippen MR) is 96.3 cm³/mol. The van der Waals surface area contributed by atoms with Crippen LogP contribution in [0, 0.1) is 13.8 Å². The van der Waals surface area contributed by atoms with Gasteiger partial charge in [-0.1, -0.05) is 42.0 Å². The molecule has 2 aromatic rings. The van der Waals surface area contributed by atoms with Crippen LogP contribution in [0.5, 0.6) is 5.75 Å². The van der Waals surface area contributed by atoms with E-state index in [1.165, 1.54) is 5.56 Å². The maximum Gasteiger partial charge on any atom is 0.224 e. The van der Waals surface area contributed by atoms with Crippen molar-refractivity contribution in [1.29, 1.82) is 0 Å². The Morgan fingerprint density at radius 2 is 1.96 bits per heavy atom. The lowest BCUT2D eigenvalue weighted by molar-refractivity contribution is -0.121. The van der Waals surface area contributed by atoms with Gasteiger partial charge in [-0.15, -0.1) is 0 Å². The van der Waals surface area contributed by atoms with Crippen LogP contribution in [0.25, 0.3) is 0 Å². The zero-order chi connectivity index (χ0) is 17.3. The molecule has 3 heteroatoms. The molecule has 0 spiro atoms. The molecule has 1 amide bonds. The van der Waals surface area contributed by atoms with Gasteiger partial charge in [0.05, 0.1) is 12.5 Å². The zero-order valence-corrected chi connectivity index (χ0v) is 14.8. The molecule has 0 aliphatic carbocycles. The van der Waals surface area contributed by atoms with Crippen LogP contribution >= 0.6 is 0 Å². The minimum absolute atomic E-state index is 0.0109. The minimum atomic E-state index is -0.286. The molecule has 0 radical (unpaired) electrons. The van der Waals surface area contributed by atoms with Gasteiger partial charge in [0.2, 0.25) is 5.91 Å². The number of carbonyl (C=O) groups excluding carboxylic acids is 1. The van der Waals surface area contributed by atoms with E-state index in [-0.39, 0.29) is 17.6 Å². The normalized spacial score (nSPS) is 18.4. The van der Waals surface area contributed by atoms with E-state index >= 15 is 0 Å². The van der Waals surface area contributed by atoms with Gasteiger partial charge in [-0.05, 0) is 44.9 Å². The molecule has 3 rings (SSSR count). The van der Waals surface area contributed by atoms with E-state index in [9.17, 15) is 4.79 Å². The fourth-order valence-electron chi connectivity index (χ4n) is 3.39. The van der Waals surface area contributed by atoms with E-state index in [4.69, 9.17) is 4.74 Å². The van der Waals surface area contributed by atoms with Gasteiger partial charge in [0.1, 0.15) is 11.4 Å². The van der Waals surface area contributed by atoms with E-state index in [0.717, 1.165) is 28.9 Å². The van der Waals surface area contributed by atoms with Crippen LogP contribution in [0.1, 0.15) is 48.6 Å². The minimum Gasteiger partial charge on any atom is -0.487 e. The van der Waals surface area contributed by atoms with Crippen LogP contribution in [0.4, 0.5) is 0 Å². The van der Waals surface area contributed by atoms with Crippen LogP contribution < -0.4 is 10.1 Å². The average Bonchev–Trinajstić information content (AvgIpc) is 2.49. The number of nitrogens with one attached hydrogen (secondary N) is 1. The highest BCUT2D eigenvalue weighted by molar-refractivity contribution is 5.79. The number of aryl methyl sites for hydroxylation is 2. The molecule has 126 valence electrons. The van der Waals surface area contributed by atoms with Crippen molar-refractivity contribution in [3.8, 4) is 5.75 Å². The summed E-state index contributed by atoms with van der Waals surface area (Å²) in [6, 6.07) is 14.2. The summed E-state index contributed by atoms with van der Waals surface area (Å²) >= 11 is 0. The topological polar surface area (TPSA) is 38.3 Å². The van der Waals surface area contributed by atoms with E-state index in [1.807, 2.05) is 30.3 Å². The quantitative estimate of drug-likeness (QED) is 0.916. The monoisotopic (exact) mass is 323 g/mol. The summed E-state index contributed by atoms with van der Waals surface area (Å²) in [7, 11) is 0. The standard InChI is InChI=1S/C21H25NO2/c1-14-9-10-16(15(2)11-14)12-20(23)22-18-13-21(3,4)24-19-8-6-5-7-17(18)19/h5-11,18H,12-13H2,1-4H3,(H,22,23). The highest BCUT2D eigenvalue weighted by Crippen LogP contribution is 2.39. The lowest BCUT2D eigenvalue weighted by atomic mass is 9.89. The molecule has 1 atom stereocenters. The molecule has 1 heterocycles. The highest BCUT2D eigenvalue weighted by Gasteiger charge is 2.34. The van der Waals surface area contributed by atoms with Gasteiger partial charge >= 0.3 is 0 Å². The molecule has 1 aliphatic rings. The number of rotatable bonds is 3. The third kappa shape index (κ3) is 3.61. The van der Waals surface area contributed by atoms with Crippen molar-refractivity contribution < 1.29 is 9.53 Å². The lowest BCUT2D eigenvalue weighted by Gasteiger charge is -2.37. The van der Waals surface area contributed by atoms with Crippen molar-refractivity contribution in [1.82, 2.24) is 5.32 Å². The molecule has 1 N–H and O–H groups in total. The molecular weight excluding hydrogens is 298 g/mol. The molecule has 1 unspecified atom stereocenters. The number of carbonyl (C=O) groups is 1. The first-order valence-electron chi connectivity index (χ1n) is 8.47. The number of hydrogen-bond donors (Lipinski definition) is 1. The number of ether oxygens (including phenoxy) is 1. The van der Waals surface area contributed by atoms with Crippen molar-refractivity contribution >= 4 is 5.91 Å². The van der Waals surface area contributed by atoms with Crippen LogP contribution in [-0.4, -0.2) is 11.5 Å². The van der Waals surface area contributed by atoms with Gasteiger partial charge in [0, 0.05) is 12.0 Å². The van der Waals surface area contributed by atoms with Crippen LogP contribution in [0.2, 0.25) is 0 Å². The second-order valence-electron chi connectivity index (χ2n) is 7.33. The average molecular weight is 323 g/mol. The first-order chi connectivity index (χ1) is 11.3. The first kappa shape index (κ1) is 16.6. The smallest absolute Gasteiger partial charge is 0.224 e. The molecule has 24 heavy (non-hydrogen) atoms. The van der Waals surface area contributed by atoms with Gasteiger partial charge < -0.3 is 10.1 Å². The number of amides is 1. The second kappa shape index (κ2) is 6.31. The summed E-state index contributed by atoms with van der Waals surface area (Å²) in [5.41, 5.74) is 4.24. The SMILES string of the molecule is Cc1ccc(CC(=O)NC2CC(C)(C)Oc3ccccc32)c(C)c1. The van der Waals surface area contributed by atoms with Gasteiger partial charge in [0.25, 0.3) is 0 Å². The van der Waals surface area contributed by atoms with Crippen molar-refractivity contribution in [2.75, 3.05) is 0 Å². The number of para-hydroxylation sites is 1. The fourth-order valence-corrected chi connectivity index (χ4v) is 3.39. The summed E-state index contributed by atoms with van der Waals surface area (Å²) < 4.78 is 6.03. The molecule has 0 fully saturated rings. The van der Waals surface area contributed by atoms with Crippen molar-refractivity contribution in [3.63, 3.8) is 0 Å². The number of benzene rings is 2. The third-order valence-corrected chi connectivity index (χ3v) is 4.56. The predicted octanol–water partition coefficient (Wildman–Crippen LogP) is 4.26. The highest BCUT2D eigenvalue weighted by atomic mass is 16.5. The molecule has 2 aromatic carbocycles. The van der Waals surface area contributed by atoms with Crippen molar-refractivity contribution in [2.45, 2.75) is 52.2 Å². The Morgan fingerprint density at radius 3 is 2.71 bits per heavy atom. The Labute approximate surface area is 144 Å². The Bertz CT molecular complexity index is 764. The summed E-state index contributed by atoms with van der Waals surface area (Å²) in [5.74, 6) is 0.921. The summed E-state index contributed by atoms with van der Waals surface area (Å²) in [6.07, 6.45) is 1.18. The van der Waals surface area contributed by atoms with E-state index in [1.54, 1.807) is 0 Å². The largest absolute Gasteiger partial charge is 0.487 e. The number of fused-ring (bicyclic) bond motifs is 1. The summed E-state index contributed by atoms with van der Waals surface area (Å²) in [6.45, 7) is 8.25. The Kier molecular flexibility index (Phi) is 4.35. The first-order valence-corrected chi connectivity index (χ1v) is 8.47. The maximum absolute atomic E-state index is 12.6. The zero-order valence-electron chi connectivity index (χ0n) is 14.8. The third-order valence-electron chi connectivity index (χ3n) is 4.56. The Morgan fingerprint density at radius 1 is 1.21 bits per heavy atom. The molecule has 3 nitrogen and oxygen atoms in total. The molecule has 0 saturated carbocycles.